The van der Waals surface area contributed by atoms with Gasteiger partial charge in [-0.05, 0) is 0 Å². The Kier molecular flexibility index (Phi) is 6.28. The molecule has 5 heteroatoms. The lowest BCUT2D eigenvalue weighted by Crippen LogP contribution is -2.42. The van der Waals surface area contributed by atoms with Gasteiger partial charge in [-0.1, -0.05) is 45.0 Å². The summed E-state index contributed by atoms with van der Waals surface area (Å²) < 4.78 is 1.60. The molecule has 0 saturated heterocycles. The van der Waals surface area contributed by atoms with Crippen LogP contribution in [-0.2, 0) is 4.79 Å². The second-order valence-corrected chi connectivity index (χ2v) is 4.80. The predicted molar refractivity (Wildman–Crippen MR) is 61.5 cm³/mol. The second kappa shape index (κ2) is 6.34. The monoisotopic (exact) mass is 310 g/mol. The van der Waals surface area contributed by atoms with Crippen molar-refractivity contribution in [3.05, 3.63) is 22.1 Å². The first kappa shape index (κ1) is 12.9. The van der Waals surface area contributed by atoms with Crippen molar-refractivity contribution in [2.45, 2.75) is 6.92 Å². The van der Waals surface area contributed by atoms with Crippen LogP contribution in [0.2, 0.25) is 0 Å². The normalized spacial score (nSPS) is 9.85. The number of hydrogen-bond acceptors (Lipinski definition) is 2. The summed E-state index contributed by atoms with van der Waals surface area (Å²) in [5.41, 5.74) is 2.66. The number of rotatable bonds is 5. The Bertz CT molecular complexity index is 190. The van der Waals surface area contributed by atoms with E-state index in [1.165, 1.54) is 6.92 Å². The van der Waals surface area contributed by atoms with E-state index >= 15 is 0 Å². The molecule has 0 atom stereocenters. The van der Waals surface area contributed by atoms with Gasteiger partial charge in [0.1, 0.15) is 0 Å². The molecule has 0 radical (unpaired) electrons. The van der Waals surface area contributed by atoms with Crippen molar-refractivity contribution in [3.8, 4) is 0 Å². The van der Waals surface area contributed by atoms with Gasteiger partial charge in [0, 0.05) is 29.0 Å². The summed E-state index contributed by atoms with van der Waals surface area (Å²) in [7, 11) is 0. The molecule has 0 rings (SSSR count). The van der Waals surface area contributed by atoms with Crippen LogP contribution in [0.3, 0.4) is 0 Å². The van der Waals surface area contributed by atoms with E-state index in [0.717, 1.165) is 8.96 Å². The molecular formula is C8H12Br2N2O. The Morgan fingerprint density at radius 2 is 1.69 bits per heavy atom. The lowest BCUT2D eigenvalue weighted by Gasteiger charge is -2.21. The highest BCUT2D eigenvalue weighted by molar-refractivity contribution is 9.12. The fraction of sp³-hybridized carbons (Fsp3) is 0.375. The smallest absolute Gasteiger partial charge is 0.231 e. The molecule has 0 aliphatic rings. The molecule has 0 aromatic heterocycles. The molecule has 1 N–H and O–H groups in total. The minimum Gasteiger partial charge on any atom is -0.288 e. The van der Waals surface area contributed by atoms with Crippen molar-refractivity contribution in [1.82, 2.24) is 10.4 Å². The Labute approximate surface area is 95.1 Å². The lowest BCUT2D eigenvalue weighted by atomic mass is 10.5. The van der Waals surface area contributed by atoms with Crippen LogP contribution in [0.15, 0.2) is 22.1 Å². The maximum absolute atomic E-state index is 10.8. The second-order valence-electron chi connectivity index (χ2n) is 2.56. The molecule has 13 heavy (non-hydrogen) atoms. The van der Waals surface area contributed by atoms with E-state index in [-0.39, 0.29) is 5.91 Å². The van der Waals surface area contributed by atoms with Gasteiger partial charge in [0.2, 0.25) is 5.91 Å². The lowest BCUT2D eigenvalue weighted by molar-refractivity contribution is -0.123. The van der Waals surface area contributed by atoms with Crippen molar-refractivity contribution >= 4 is 37.8 Å². The Hall–Kier alpha value is -0.130. The topological polar surface area (TPSA) is 32.3 Å². The van der Waals surface area contributed by atoms with Crippen LogP contribution in [-0.4, -0.2) is 24.0 Å². The van der Waals surface area contributed by atoms with E-state index in [9.17, 15) is 4.79 Å². The molecular weight excluding hydrogens is 300 g/mol. The Morgan fingerprint density at radius 3 is 1.92 bits per heavy atom. The molecule has 0 saturated carbocycles. The van der Waals surface area contributed by atoms with E-state index in [0.29, 0.717) is 13.1 Å². The first-order valence-electron chi connectivity index (χ1n) is 3.60. The maximum Gasteiger partial charge on any atom is 0.231 e. The number of nitrogens with zero attached hydrogens (tertiary/aromatic N) is 1. The highest BCUT2D eigenvalue weighted by atomic mass is 79.9. The third-order valence-electron chi connectivity index (χ3n) is 1.04. The van der Waals surface area contributed by atoms with Crippen molar-refractivity contribution < 1.29 is 4.79 Å². The summed E-state index contributed by atoms with van der Waals surface area (Å²) in [6.45, 7) is 9.93. The van der Waals surface area contributed by atoms with Crippen molar-refractivity contribution in [2.75, 3.05) is 13.1 Å². The van der Waals surface area contributed by atoms with Crippen molar-refractivity contribution in [1.29, 1.82) is 0 Å². The molecule has 0 heterocycles. The first-order chi connectivity index (χ1) is 5.91. The minimum absolute atomic E-state index is 0.109. The molecule has 74 valence electrons. The minimum atomic E-state index is -0.109. The van der Waals surface area contributed by atoms with Gasteiger partial charge in [0.05, 0.1) is 0 Å². The van der Waals surface area contributed by atoms with Crippen LogP contribution in [0.5, 0.6) is 0 Å². The number of carbonyl (C=O) groups excluding carboxylic acids is 1. The Balaban J connectivity index is 4.10. The summed E-state index contributed by atoms with van der Waals surface area (Å²) in [6.07, 6.45) is 0. The summed E-state index contributed by atoms with van der Waals surface area (Å²) in [5, 5.41) is 1.70. The quantitative estimate of drug-likeness (QED) is 0.789. The third-order valence-corrected chi connectivity index (χ3v) is 1.54. The largest absolute Gasteiger partial charge is 0.288 e. The summed E-state index contributed by atoms with van der Waals surface area (Å²) in [6, 6.07) is 0. The van der Waals surface area contributed by atoms with Crippen LogP contribution in [0.4, 0.5) is 0 Å². The number of amides is 1. The molecule has 0 aromatic rings. The first-order valence-corrected chi connectivity index (χ1v) is 5.19. The number of halogens is 2. The van der Waals surface area contributed by atoms with Gasteiger partial charge in [-0.15, -0.1) is 0 Å². The van der Waals surface area contributed by atoms with Crippen LogP contribution in [0, 0.1) is 0 Å². The molecule has 0 aliphatic heterocycles. The van der Waals surface area contributed by atoms with Crippen molar-refractivity contribution in [3.63, 3.8) is 0 Å². The van der Waals surface area contributed by atoms with Gasteiger partial charge < -0.3 is 0 Å². The molecule has 0 spiro atoms. The molecule has 1 amide bonds. The standard InChI is InChI=1S/C8H12Br2N2O/c1-6(9)4-12(5-7(2)10)11-8(3)13/h1-2,4-5H2,3H3,(H,11,13). The van der Waals surface area contributed by atoms with Gasteiger partial charge in [-0.2, -0.15) is 0 Å². The van der Waals surface area contributed by atoms with Gasteiger partial charge in [0.15, 0.2) is 0 Å². The third kappa shape index (κ3) is 8.21. The molecule has 0 fully saturated rings. The van der Waals surface area contributed by atoms with Gasteiger partial charge in [-0.3, -0.25) is 10.2 Å². The number of carbonyl (C=O) groups is 1. The average molecular weight is 312 g/mol. The SMILES string of the molecule is C=C(Br)CN(CC(=C)Br)NC(C)=O. The highest BCUT2D eigenvalue weighted by Gasteiger charge is 2.06. The summed E-state index contributed by atoms with van der Waals surface area (Å²) in [4.78, 5) is 10.8. The molecule has 3 nitrogen and oxygen atoms in total. The fourth-order valence-electron chi connectivity index (χ4n) is 0.772. The zero-order valence-corrected chi connectivity index (χ0v) is 10.6. The summed E-state index contributed by atoms with van der Waals surface area (Å²) in [5.74, 6) is -0.109. The van der Waals surface area contributed by atoms with E-state index in [1.54, 1.807) is 5.01 Å². The number of hydrazine groups is 1. The highest BCUT2D eigenvalue weighted by Crippen LogP contribution is 2.07. The average Bonchev–Trinajstić information content (AvgIpc) is 1.80. The van der Waals surface area contributed by atoms with Crippen LogP contribution in [0.25, 0.3) is 0 Å². The number of nitrogens with one attached hydrogen (secondary N) is 1. The van der Waals surface area contributed by atoms with E-state index < -0.39 is 0 Å². The van der Waals surface area contributed by atoms with Gasteiger partial charge in [0.25, 0.3) is 0 Å². The van der Waals surface area contributed by atoms with Crippen molar-refractivity contribution in [2.24, 2.45) is 0 Å². The van der Waals surface area contributed by atoms with Crippen LogP contribution in [0.1, 0.15) is 6.92 Å². The van der Waals surface area contributed by atoms with E-state index in [4.69, 9.17) is 0 Å². The molecule has 0 unspecified atom stereocenters. The molecule has 0 aromatic carbocycles. The van der Waals surface area contributed by atoms with Gasteiger partial charge >= 0.3 is 0 Å². The number of hydrogen-bond donors (Lipinski definition) is 1. The van der Waals surface area contributed by atoms with E-state index in [2.05, 4.69) is 50.4 Å². The molecule has 0 aliphatic carbocycles. The van der Waals surface area contributed by atoms with Crippen LogP contribution < -0.4 is 5.43 Å². The fourth-order valence-corrected chi connectivity index (χ4v) is 1.38. The zero-order chi connectivity index (χ0) is 10.4. The predicted octanol–water partition coefficient (Wildman–Crippen LogP) is 2.16. The summed E-state index contributed by atoms with van der Waals surface area (Å²) >= 11 is 6.44. The van der Waals surface area contributed by atoms with Gasteiger partial charge in [-0.25, -0.2) is 5.01 Å². The zero-order valence-electron chi connectivity index (χ0n) is 7.44. The molecule has 0 bridgehead atoms. The van der Waals surface area contributed by atoms with E-state index in [1.807, 2.05) is 0 Å². The Morgan fingerprint density at radius 1 is 1.31 bits per heavy atom. The maximum atomic E-state index is 10.8. The van der Waals surface area contributed by atoms with Crippen LogP contribution >= 0.6 is 31.9 Å².